The van der Waals surface area contributed by atoms with E-state index in [1.54, 1.807) is 7.11 Å². The van der Waals surface area contributed by atoms with Crippen LogP contribution in [-0.4, -0.2) is 30.9 Å². The van der Waals surface area contributed by atoms with Crippen molar-refractivity contribution in [2.75, 3.05) is 20.2 Å². The Morgan fingerprint density at radius 2 is 1.85 bits per heavy atom. The maximum atomic E-state index is 12.7. The molecule has 3 saturated heterocycles. The number of hydrogen-bond donors (Lipinski definition) is 0. The first-order chi connectivity index (χ1) is 12.8. The van der Waals surface area contributed by atoms with E-state index in [0.717, 1.165) is 42.8 Å². The van der Waals surface area contributed by atoms with Crippen LogP contribution in [0.15, 0.2) is 54.2 Å². The largest absolute Gasteiger partial charge is 0.493 e. The van der Waals surface area contributed by atoms with Gasteiger partial charge < -0.3 is 14.4 Å². The Labute approximate surface area is 154 Å². The van der Waals surface area contributed by atoms with Crippen molar-refractivity contribution < 1.29 is 14.3 Å². The summed E-state index contributed by atoms with van der Waals surface area (Å²) in [5.74, 6) is 1.81. The molecule has 0 N–H and O–H groups in total. The molecule has 5 rings (SSSR count). The number of ketones is 1. The number of benzene rings is 2. The fourth-order valence-corrected chi connectivity index (χ4v) is 3.75. The summed E-state index contributed by atoms with van der Waals surface area (Å²) in [5.41, 5.74) is 2.79. The van der Waals surface area contributed by atoms with Crippen molar-refractivity contribution in [3.05, 3.63) is 65.4 Å². The number of carbonyl (C=O) groups is 1. The molecule has 3 heterocycles. The van der Waals surface area contributed by atoms with Crippen LogP contribution in [0.1, 0.15) is 24.0 Å². The van der Waals surface area contributed by atoms with Gasteiger partial charge in [-0.05, 0) is 30.5 Å². The number of methoxy groups -OCH3 is 1. The van der Waals surface area contributed by atoms with E-state index in [-0.39, 0.29) is 11.7 Å². The van der Waals surface area contributed by atoms with Crippen molar-refractivity contribution in [2.24, 2.45) is 5.92 Å². The summed E-state index contributed by atoms with van der Waals surface area (Å²) in [7, 11) is 1.64. The fourth-order valence-electron chi connectivity index (χ4n) is 3.75. The van der Waals surface area contributed by atoms with E-state index >= 15 is 0 Å². The molecule has 3 aliphatic heterocycles. The van der Waals surface area contributed by atoms with E-state index in [9.17, 15) is 4.79 Å². The third-order valence-corrected chi connectivity index (χ3v) is 5.21. The lowest BCUT2D eigenvalue weighted by molar-refractivity contribution is -0.125. The van der Waals surface area contributed by atoms with Crippen LogP contribution in [0.3, 0.4) is 0 Å². The molecule has 134 valence electrons. The van der Waals surface area contributed by atoms with Crippen molar-refractivity contribution in [3.8, 4) is 11.5 Å². The van der Waals surface area contributed by atoms with Crippen molar-refractivity contribution in [1.82, 2.24) is 4.90 Å². The Bertz CT molecular complexity index is 821. The Balaban J connectivity index is 1.65. The second-order valence-corrected chi connectivity index (χ2v) is 6.81. The molecule has 0 spiro atoms. The lowest BCUT2D eigenvalue weighted by Gasteiger charge is -2.41. The summed E-state index contributed by atoms with van der Waals surface area (Å²) in [6.07, 6.45) is 3.92. The number of hydrogen-bond acceptors (Lipinski definition) is 4. The average Bonchev–Trinajstić information content (AvgIpc) is 2.70. The average molecular weight is 349 g/mol. The first-order valence-electron chi connectivity index (χ1n) is 9.11. The van der Waals surface area contributed by atoms with Gasteiger partial charge in [-0.25, -0.2) is 0 Å². The second-order valence-electron chi connectivity index (χ2n) is 6.81. The molecule has 0 unspecified atom stereocenters. The Morgan fingerprint density at radius 3 is 2.54 bits per heavy atom. The van der Waals surface area contributed by atoms with Crippen LogP contribution in [-0.2, 0) is 11.4 Å². The number of carbonyl (C=O) groups excluding carboxylic acids is 1. The van der Waals surface area contributed by atoms with E-state index in [1.807, 2.05) is 54.6 Å². The molecule has 0 atom stereocenters. The lowest BCUT2D eigenvalue weighted by Crippen LogP contribution is -2.45. The first-order valence-corrected chi connectivity index (χ1v) is 9.11. The Hall–Kier alpha value is -2.75. The summed E-state index contributed by atoms with van der Waals surface area (Å²) in [4.78, 5) is 14.9. The SMILES string of the molecule is COc1cccc(/C=C2/C(=O)C3CCN2CC3)c1OCc1ccccc1. The van der Waals surface area contributed by atoms with Crippen molar-refractivity contribution in [2.45, 2.75) is 19.4 Å². The standard InChI is InChI=1S/C22H23NO3/c1-25-20-9-5-8-18(22(20)26-15-16-6-3-2-4-7-16)14-19-21(24)17-10-12-23(19)13-11-17/h2-9,14,17H,10-13,15H2,1H3/b19-14-. The minimum atomic E-state index is 0.186. The zero-order valence-electron chi connectivity index (χ0n) is 15.0. The lowest BCUT2D eigenvalue weighted by atomic mass is 9.84. The number of piperidine rings is 3. The van der Waals surface area contributed by atoms with E-state index in [0.29, 0.717) is 18.1 Å². The summed E-state index contributed by atoms with van der Waals surface area (Å²) in [6, 6.07) is 15.8. The van der Waals surface area contributed by atoms with E-state index in [4.69, 9.17) is 9.47 Å². The van der Waals surface area contributed by atoms with E-state index < -0.39 is 0 Å². The molecule has 2 bridgehead atoms. The summed E-state index contributed by atoms with van der Waals surface area (Å²) in [5, 5.41) is 0. The number of ether oxygens (including phenoxy) is 2. The van der Waals surface area contributed by atoms with Gasteiger partial charge in [-0.1, -0.05) is 42.5 Å². The molecule has 2 aromatic carbocycles. The highest BCUT2D eigenvalue weighted by atomic mass is 16.5. The van der Waals surface area contributed by atoms with Gasteiger partial charge in [-0.15, -0.1) is 0 Å². The second kappa shape index (κ2) is 7.24. The molecule has 3 fully saturated rings. The summed E-state index contributed by atoms with van der Waals surface area (Å²) in [6.45, 7) is 2.39. The van der Waals surface area contributed by atoms with Gasteiger partial charge in [0.1, 0.15) is 6.61 Å². The van der Waals surface area contributed by atoms with Gasteiger partial charge in [-0.2, -0.15) is 0 Å². The topological polar surface area (TPSA) is 38.8 Å². The molecule has 0 saturated carbocycles. The molecule has 0 aliphatic carbocycles. The highest BCUT2D eigenvalue weighted by Gasteiger charge is 2.36. The summed E-state index contributed by atoms with van der Waals surface area (Å²) >= 11 is 0. The number of para-hydroxylation sites is 1. The molecule has 4 nitrogen and oxygen atoms in total. The van der Waals surface area contributed by atoms with Crippen LogP contribution in [0.4, 0.5) is 0 Å². The predicted octanol–water partition coefficient (Wildman–Crippen LogP) is 3.91. The summed E-state index contributed by atoms with van der Waals surface area (Å²) < 4.78 is 11.6. The zero-order chi connectivity index (χ0) is 17.9. The highest BCUT2D eigenvalue weighted by Crippen LogP contribution is 2.37. The quantitative estimate of drug-likeness (QED) is 0.767. The third kappa shape index (κ3) is 3.19. The third-order valence-electron chi connectivity index (χ3n) is 5.21. The molecule has 4 heteroatoms. The monoisotopic (exact) mass is 349 g/mol. The number of Topliss-reactive ketones (excluding diaryl/α,β-unsaturated/α-hetero) is 1. The van der Waals surface area contributed by atoms with Crippen molar-refractivity contribution in [1.29, 1.82) is 0 Å². The molecule has 26 heavy (non-hydrogen) atoms. The minimum Gasteiger partial charge on any atom is -0.493 e. The van der Waals surface area contributed by atoms with Gasteiger partial charge >= 0.3 is 0 Å². The van der Waals surface area contributed by atoms with Gasteiger partial charge in [0.2, 0.25) is 0 Å². The molecular weight excluding hydrogens is 326 g/mol. The van der Waals surface area contributed by atoms with Gasteiger partial charge in [-0.3, -0.25) is 4.79 Å². The molecule has 2 aromatic rings. The zero-order valence-corrected chi connectivity index (χ0v) is 15.0. The van der Waals surface area contributed by atoms with Gasteiger partial charge in [0.05, 0.1) is 12.8 Å². The molecule has 0 radical (unpaired) electrons. The minimum absolute atomic E-state index is 0.186. The van der Waals surface area contributed by atoms with E-state index in [1.165, 1.54) is 0 Å². The molecule has 0 aromatic heterocycles. The Morgan fingerprint density at radius 1 is 1.08 bits per heavy atom. The predicted molar refractivity (Wildman–Crippen MR) is 101 cm³/mol. The van der Waals surface area contributed by atoms with Gasteiger partial charge in [0.25, 0.3) is 0 Å². The fraction of sp³-hybridized carbons (Fsp3) is 0.318. The van der Waals surface area contributed by atoms with Crippen LogP contribution >= 0.6 is 0 Å². The Kier molecular flexibility index (Phi) is 4.65. The first kappa shape index (κ1) is 16.7. The van der Waals surface area contributed by atoms with Crippen molar-refractivity contribution in [3.63, 3.8) is 0 Å². The van der Waals surface area contributed by atoms with Crippen molar-refractivity contribution >= 4 is 11.9 Å². The maximum absolute atomic E-state index is 12.7. The van der Waals surface area contributed by atoms with Crippen LogP contribution in [0.5, 0.6) is 11.5 Å². The van der Waals surface area contributed by atoms with Gasteiger partial charge in [0.15, 0.2) is 17.3 Å². The van der Waals surface area contributed by atoms with Crippen LogP contribution < -0.4 is 9.47 Å². The highest BCUT2D eigenvalue weighted by molar-refractivity contribution is 6.02. The number of nitrogens with zero attached hydrogens (tertiary/aromatic N) is 1. The number of rotatable bonds is 5. The normalized spacial score (nSPS) is 18.4. The van der Waals surface area contributed by atoms with Crippen LogP contribution in [0, 0.1) is 5.92 Å². The van der Waals surface area contributed by atoms with Gasteiger partial charge in [0, 0.05) is 24.6 Å². The molecular formula is C22H23NO3. The molecule has 0 amide bonds. The number of allylic oxidation sites excluding steroid dienone is 1. The molecule has 3 aliphatic rings. The number of fused-ring (bicyclic) bond motifs is 3. The van der Waals surface area contributed by atoms with E-state index in [2.05, 4.69) is 4.90 Å². The van der Waals surface area contributed by atoms with Crippen LogP contribution in [0.2, 0.25) is 0 Å². The maximum Gasteiger partial charge on any atom is 0.182 e. The van der Waals surface area contributed by atoms with Crippen LogP contribution in [0.25, 0.3) is 6.08 Å². The smallest absolute Gasteiger partial charge is 0.182 e.